The number of nitrogens with zero attached hydrogens (tertiary/aromatic N) is 2. The van der Waals surface area contributed by atoms with Crippen LogP contribution in [0.3, 0.4) is 0 Å². The van der Waals surface area contributed by atoms with E-state index in [-0.39, 0.29) is 12.1 Å². The molecule has 0 radical (unpaired) electrons. The summed E-state index contributed by atoms with van der Waals surface area (Å²) in [5, 5.41) is 19.2. The molecule has 2 heterocycles. The SMILES string of the molecule is CSc1nnc([C@@H]2CC[C@@H](NC(=O)O)CO2)o1. The van der Waals surface area contributed by atoms with Crippen molar-refractivity contribution in [1.29, 1.82) is 0 Å². The number of aromatic nitrogens is 2. The fraction of sp³-hybridized carbons (Fsp3) is 0.667. The first-order valence-corrected chi connectivity index (χ1v) is 6.40. The Balaban J connectivity index is 1.88. The summed E-state index contributed by atoms with van der Waals surface area (Å²) in [6.07, 6.45) is 1.97. The number of hydrogen-bond donors (Lipinski definition) is 2. The van der Waals surface area contributed by atoms with Crippen molar-refractivity contribution in [2.75, 3.05) is 12.9 Å². The molecule has 1 saturated heterocycles. The predicted molar refractivity (Wildman–Crippen MR) is 59.0 cm³/mol. The summed E-state index contributed by atoms with van der Waals surface area (Å²) in [6, 6.07) is -0.160. The van der Waals surface area contributed by atoms with Crippen LogP contribution in [-0.2, 0) is 4.74 Å². The summed E-state index contributed by atoms with van der Waals surface area (Å²) in [4.78, 5) is 10.5. The fourth-order valence-corrected chi connectivity index (χ4v) is 1.96. The van der Waals surface area contributed by atoms with E-state index in [2.05, 4.69) is 15.5 Å². The number of rotatable bonds is 3. The number of hydrogen-bond acceptors (Lipinski definition) is 6. The van der Waals surface area contributed by atoms with Crippen LogP contribution >= 0.6 is 11.8 Å². The predicted octanol–water partition coefficient (Wildman–Crippen LogP) is 1.28. The van der Waals surface area contributed by atoms with Gasteiger partial charge in [-0.2, -0.15) is 0 Å². The van der Waals surface area contributed by atoms with Gasteiger partial charge in [0.05, 0.1) is 12.6 Å². The topological polar surface area (TPSA) is 97.5 Å². The minimum atomic E-state index is -1.03. The van der Waals surface area contributed by atoms with Gasteiger partial charge in [0.2, 0.25) is 5.89 Å². The van der Waals surface area contributed by atoms with Crippen molar-refractivity contribution in [2.24, 2.45) is 0 Å². The molecule has 1 aliphatic rings. The van der Waals surface area contributed by atoms with Gasteiger partial charge in [0, 0.05) is 0 Å². The molecule has 1 aromatic rings. The number of carbonyl (C=O) groups is 1. The highest BCUT2D eigenvalue weighted by atomic mass is 32.2. The zero-order valence-electron chi connectivity index (χ0n) is 9.25. The Labute approximate surface area is 102 Å². The largest absolute Gasteiger partial charge is 0.465 e. The third kappa shape index (κ3) is 3.10. The first-order valence-electron chi connectivity index (χ1n) is 5.17. The lowest BCUT2D eigenvalue weighted by Gasteiger charge is -2.26. The van der Waals surface area contributed by atoms with E-state index in [0.29, 0.717) is 30.6 Å². The molecule has 7 nitrogen and oxygen atoms in total. The Morgan fingerprint density at radius 3 is 2.88 bits per heavy atom. The Morgan fingerprint density at radius 1 is 1.53 bits per heavy atom. The monoisotopic (exact) mass is 259 g/mol. The van der Waals surface area contributed by atoms with Gasteiger partial charge in [-0.1, -0.05) is 11.8 Å². The second kappa shape index (κ2) is 5.37. The lowest BCUT2D eigenvalue weighted by atomic mass is 10.1. The van der Waals surface area contributed by atoms with Crippen LogP contribution in [0.1, 0.15) is 24.8 Å². The van der Waals surface area contributed by atoms with Crippen molar-refractivity contribution < 1.29 is 19.1 Å². The van der Waals surface area contributed by atoms with E-state index >= 15 is 0 Å². The zero-order chi connectivity index (χ0) is 12.3. The molecule has 0 aromatic carbocycles. The number of ether oxygens (including phenoxy) is 1. The number of carboxylic acid groups (broad SMARTS) is 1. The molecule has 1 fully saturated rings. The van der Waals surface area contributed by atoms with Crippen molar-refractivity contribution in [3.8, 4) is 0 Å². The highest BCUT2D eigenvalue weighted by Gasteiger charge is 2.27. The van der Waals surface area contributed by atoms with Crippen LogP contribution in [0.2, 0.25) is 0 Å². The lowest BCUT2D eigenvalue weighted by molar-refractivity contribution is -0.0190. The smallest absolute Gasteiger partial charge is 0.404 e. The number of amides is 1. The molecule has 0 saturated carbocycles. The lowest BCUT2D eigenvalue weighted by Crippen LogP contribution is -2.40. The molecule has 17 heavy (non-hydrogen) atoms. The minimum absolute atomic E-state index is 0.160. The van der Waals surface area contributed by atoms with Gasteiger partial charge < -0.3 is 19.6 Å². The molecule has 2 rings (SSSR count). The van der Waals surface area contributed by atoms with Gasteiger partial charge >= 0.3 is 6.09 Å². The van der Waals surface area contributed by atoms with E-state index < -0.39 is 6.09 Å². The Bertz CT molecular complexity index is 389. The second-order valence-corrected chi connectivity index (χ2v) is 4.41. The van der Waals surface area contributed by atoms with Crippen molar-refractivity contribution >= 4 is 17.9 Å². The average molecular weight is 259 g/mol. The molecule has 0 spiro atoms. The molecular formula is C9H13N3O4S. The molecule has 0 bridgehead atoms. The normalized spacial score (nSPS) is 24.5. The van der Waals surface area contributed by atoms with Crippen LogP contribution in [0.25, 0.3) is 0 Å². The van der Waals surface area contributed by atoms with Crippen molar-refractivity contribution in [1.82, 2.24) is 15.5 Å². The van der Waals surface area contributed by atoms with Gasteiger partial charge in [-0.25, -0.2) is 4.79 Å². The summed E-state index contributed by atoms with van der Waals surface area (Å²) in [5.74, 6) is 0.461. The zero-order valence-corrected chi connectivity index (χ0v) is 10.1. The molecule has 0 unspecified atom stereocenters. The Morgan fingerprint density at radius 2 is 2.35 bits per heavy atom. The Kier molecular flexibility index (Phi) is 3.85. The van der Waals surface area contributed by atoms with Crippen molar-refractivity contribution in [2.45, 2.75) is 30.2 Å². The van der Waals surface area contributed by atoms with Crippen LogP contribution in [0.5, 0.6) is 0 Å². The molecule has 94 valence electrons. The summed E-state index contributed by atoms with van der Waals surface area (Å²) in [5.41, 5.74) is 0. The number of thioether (sulfide) groups is 1. The third-order valence-electron chi connectivity index (χ3n) is 2.48. The van der Waals surface area contributed by atoms with Crippen molar-refractivity contribution in [3.05, 3.63) is 5.89 Å². The number of nitrogens with one attached hydrogen (secondary N) is 1. The van der Waals surface area contributed by atoms with Crippen LogP contribution in [0.4, 0.5) is 4.79 Å². The standard InChI is InChI=1S/C9H13N3O4S/c1-17-9-12-11-7(16-9)6-3-2-5(4-15-6)10-8(13)14/h5-6,10H,2-4H2,1H3,(H,13,14)/t5-,6+/m1/s1. The highest BCUT2D eigenvalue weighted by molar-refractivity contribution is 7.98. The summed E-state index contributed by atoms with van der Waals surface area (Å²) in [7, 11) is 0. The maximum Gasteiger partial charge on any atom is 0.404 e. The molecule has 8 heteroatoms. The molecule has 0 aliphatic carbocycles. The van der Waals surface area contributed by atoms with Crippen LogP contribution in [0.15, 0.2) is 9.64 Å². The summed E-state index contributed by atoms with van der Waals surface area (Å²) < 4.78 is 10.9. The first-order chi connectivity index (χ1) is 8.19. The maximum atomic E-state index is 10.5. The minimum Gasteiger partial charge on any atom is -0.465 e. The highest BCUT2D eigenvalue weighted by Crippen LogP contribution is 2.28. The Hall–Kier alpha value is -1.28. The summed E-state index contributed by atoms with van der Waals surface area (Å²) in [6.45, 7) is 0.327. The molecular weight excluding hydrogens is 246 g/mol. The van der Waals surface area contributed by atoms with E-state index in [0.717, 1.165) is 0 Å². The van der Waals surface area contributed by atoms with Crippen molar-refractivity contribution in [3.63, 3.8) is 0 Å². The van der Waals surface area contributed by atoms with E-state index in [1.807, 2.05) is 6.26 Å². The molecule has 1 aliphatic heterocycles. The van der Waals surface area contributed by atoms with Gasteiger partial charge in [0.15, 0.2) is 0 Å². The van der Waals surface area contributed by atoms with Gasteiger partial charge in [-0.3, -0.25) is 0 Å². The quantitative estimate of drug-likeness (QED) is 0.789. The van der Waals surface area contributed by atoms with Gasteiger partial charge in [-0.15, -0.1) is 10.2 Å². The summed E-state index contributed by atoms with van der Waals surface area (Å²) >= 11 is 1.38. The third-order valence-corrected chi connectivity index (χ3v) is 2.99. The molecule has 1 aromatic heterocycles. The van der Waals surface area contributed by atoms with Crippen LogP contribution in [0, 0.1) is 0 Å². The molecule has 1 amide bonds. The van der Waals surface area contributed by atoms with Crippen LogP contribution < -0.4 is 5.32 Å². The second-order valence-electron chi connectivity index (χ2n) is 3.66. The van der Waals surface area contributed by atoms with Crippen LogP contribution in [-0.4, -0.2) is 40.3 Å². The van der Waals surface area contributed by atoms with Gasteiger partial charge in [-0.05, 0) is 19.1 Å². The van der Waals surface area contributed by atoms with E-state index in [4.69, 9.17) is 14.3 Å². The van der Waals surface area contributed by atoms with Gasteiger partial charge in [0.1, 0.15) is 6.10 Å². The fourth-order valence-electron chi connectivity index (χ4n) is 1.67. The molecule has 2 N–H and O–H groups in total. The van der Waals surface area contributed by atoms with E-state index in [9.17, 15) is 4.79 Å². The van der Waals surface area contributed by atoms with E-state index in [1.165, 1.54) is 11.8 Å². The maximum absolute atomic E-state index is 10.5. The average Bonchev–Trinajstić information content (AvgIpc) is 2.78. The van der Waals surface area contributed by atoms with E-state index in [1.54, 1.807) is 0 Å². The van der Waals surface area contributed by atoms with Gasteiger partial charge in [0.25, 0.3) is 5.22 Å². The first kappa shape index (κ1) is 12.2. The molecule has 2 atom stereocenters.